The highest BCUT2D eigenvalue weighted by Crippen LogP contribution is 2.32. The molecule has 22 heavy (non-hydrogen) atoms. The molecule has 1 heterocycles. The molecule has 2 rings (SSSR count). The van der Waals surface area contributed by atoms with Crippen LogP contribution in [0.4, 0.5) is 13.2 Å². The van der Waals surface area contributed by atoms with Crippen molar-refractivity contribution in [1.29, 1.82) is 0 Å². The number of nitrogens with one attached hydrogen (secondary N) is 1. The third-order valence-corrected chi connectivity index (χ3v) is 3.73. The van der Waals surface area contributed by atoms with Crippen LogP contribution in [0.3, 0.4) is 0 Å². The summed E-state index contributed by atoms with van der Waals surface area (Å²) in [6.45, 7) is 0.602. The van der Waals surface area contributed by atoms with Gasteiger partial charge >= 0.3 is 6.18 Å². The Kier molecular flexibility index (Phi) is 5.42. The van der Waals surface area contributed by atoms with Crippen molar-refractivity contribution in [3.05, 3.63) is 35.9 Å². The first-order valence-electron chi connectivity index (χ1n) is 7.26. The van der Waals surface area contributed by atoms with Crippen LogP contribution in [0.25, 0.3) is 0 Å². The highest BCUT2D eigenvalue weighted by molar-refractivity contribution is 5.78. The van der Waals surface area contributed by atoms with Gasteiger partial charge in [-0.1, -0.05) is 30.3 Å². The Bertz CT molecular complexity index is 493. The number of piperidine rings is 1. The molecule has 1 aromatic rings. The number of carbonyl (C=O) groups excluding carboxylic acids is 1. The summed E-state index contributed by atoms with van der Waals surface area (Å²) in [5.74, 6) is -0.347. The molecule has 7 heteroatoms. The lowest BCUT2D eigenvalue weighted by Crippen LogP contribution is -2.49. The van der Waals surface area contributed by atoms with Crippen molar-refractivity contribution in [3.63, 3.8) is 0 Å². The van der Waals surface area contributed by atoms with E-state index in [2.05, 4.69) is 5.32 Å². The van der Waals surface area contributed by atoms with Crippen molar-refractivity contribution < 1.29 is 18.0 Å². The van der Waals surface area contributed by atoms with Crippen molar-refractivity contribution in [2.24, 2.45) is 5.73 Å². The summed E-state index contributed by atoms with van der Waals surface area (Å²) in [5, 5.41) is 2.33. The molecule has 1 fully saturated rings. The predicted molar refractivity (Wildman–Crippen MR) is 77.0 cm³/mol. The minimum Gasteiger partial charge on any atom is -0.340 e. The molecule has 0 spiro atoms. The minimum absolute atomic E-state index is 0.0924. The van der Waals surface area contributed by atoms with Crippen LogP contribution < -0.4 is 11.1 Å². The summed E-state index contributed by atoms with van der Waals surface area (Å²) in [6, 6.07) is 5.58. The normalized spacial score (nSPS) is 20.7. The van der Waals surface area contributed by atoms with Crippen LogP contribution in [0.2, 0.25) is 0 Å². The number of hydrogen-bond acceptors (Lipinski definition) is 3. The molecule has 4 nitrogen and oxygen atoms in total. The lowest BCUT2D eigenvalue weighted by Gasteiger charge is -2.31. The molecule has 1 aliphatic rings. The minimum atomic E-state index is -4.46. The van der Waals surface area contributed by atoms with E-state index < -0.39 is 12.2 Å². The van der Waals surface area contributed by atoms with E-state index in [-0.39, 0.29) is 24.1 Å². The second-order valence-corrected chi connectivity index (χ2v) is 5.51. The molecule has 0 bridgehead atoms. The number of rotatable bonds is 4. The molecule has 122 valence electrons. The molecule has 1 amide bonds. The van der Waals surface area contributed by atoms with Crippen LogP contribution in [0.15, 0.2) is 30.3 Å². The standard InChI is InChI=1S/C15H20F3N3O/c16-15(17,18)14(11-5-2-1-3-6-11)20-9-13(22)21-8-4-7-12(19)10-21/h1-3,5-6,12,14,20H,4,7-10,19H2/t12-,14-/m1/s1. The van der Waals surface area contributed by atoms with Gasteiger partial charge < -0.3 is 10.6 Å². The van der Waals surface area contributed by atoms with E-state index in [1.165, 1.54) is 17.0 Å². The monoisotopic (exact) mass is 315 g/mol. The van der Waals surface area contributed by atoms with E-state index in [1.807, 2.05) is 0 Å². The second kappa shape index (κ2) is 7.11. The zero-order valence-corrected chi connectivity index (χ0v) is 12.1. The smallest absolute Gasteiger partial charge is 0.340 e. The summed E-state index contributed by atoms with van der Waals surface area (Å²) in [4.78, 5) is 13.6. The molecule has 0 unspecified atom stereocenters. The highest BCUT2D eigenvalue weighted by atomic mass is 19.4. The largest absolute Gasteiger partial charge is 0.407 e. The Hall–Kier alpha value is -1.60. The van der Waals surface area contributed by atoms with Gasteiger partial charge in [0.05, 0.1) is 6.54 Å². The predicted octanol–water partition coefficient (Wildman–Crippen LogP) is 1.83. The molecular formula is C15H20F3N3O. The van der Waals surface area contributed by atoms with E-state index in [1.54, 1.807) is 18.2 Å². The molecule has 1 aromatic carbocycles. The first kappa shape index (κ1) is 16.8. The highest BCUT2D eigenvalue weighted by Gasteiger charge is 2.40. The molecule has 0 aliphatic carbocycles. The fourth-order valence-corrected chi connectivity index (χ4v) is 2.61. The maximum atomic E-state index is 13.2. The van der Waals surface area contributed by atoms with Crippen LogP contribution >= 0.6 is 0 Å². The Morgan fingerprint density at radius 1 is 1.36 bits per heavy atom. The maximum Gasteiger partial charge on any atom is 0.407 e. The molecule has 0 radical (unpaired) electrons. The fraction of sp³-hybridized carbons (Fsp3) is 0.533. The summed E-state index contributed by atoms with van der Waals surface area (Å²) in [5.41, 5.74) is 5.88. The van der Waals surface area contributed by atoms with Crippen LogP contribution in [0, 0.1) is 0 Å². The zero-order chi connectivity index (χ0) is 16.2. The Balaban J connectivity index is 1.98. The van der Waals surface area contributed by atoms with Crippen LogP contribution in [-0.2, 0) is 4.79 Å². The Morgan fingerprint density at radius 3 is 2.64 bits per heavy atom. The number of nitrogens with two attached hydrogens (primary N) is 1. The Labute approximate surface area is 127 Å². The van der Waals surface area contributed by atoms with Crippen LogP contribution in [0.1, 0.15) is 24.4 Å². The van der Waals surface area contributed by atoms with Crippen molar-refractivity contribution >= 4 is 5.91 Å². The van der Waals surface area contributed by atoms with Gasteiger partial charge in [-0.05, 0) is 18.4 Å². The summed E-state index contributed by atoms with van der Waals surface area (Å²) < 4.78 is 39.5. The molecule has 3 N–H and O–H groups in total. The van der Waals surface area contributed by atoms with Crippen molar-refractivity contribution in [3.8, 4) is 0 Å². The van der Waals surface area contributed by atoms with Crippen molar-refractivity contribution in [2.75, 3.05) is 19.6 Å². The lowest BCUT2D eigenvalue weighted by molar-refractivity contribution is -0.159. The average molecular weight is 315 g/mol. The van der Waals surface area contributed by atoms with Crippen LogP contribution in [-0.4, -0.2) is 42.7 Å². The summed E-state index contributed by atoms with van der Waals surface area (Å²) in [6.07, 6.45) is -2.83. The second-order valence-electron chi connectivity index (χ2n) is 5.51. The van der Waals surface area contributed by atoms with E-state index in [4.69, 9.17) is 5.73 Å². The third kappa shape index (κ3) is 4.45. The number of carbonyl (C=O) groups is 1. The number of likely N-dealkylation sites (tertiary alicyclic amines) is 1. The quantitative estimate of drug-likeness (QED) is 0.891. The van der Waals surface area contributed by atoms with Crippen LogP contribution in [0.5, 0.6) is 0 Å². The fourth-order valence-electron chi connectivity index (χ4n) is 2.61. The van der Waals surface area contributed by atoms with Crippen molar-refractivity contribution in [1.82, 2.24) is 10.2 Å². The van der Waals surface area contributed by atoms with Crippen molar-refractivity contribution in [2.45, 2.75) is 31.1 Å². The number of benzene rings is 1. The van der Waals surface area contributed by atoms with E-state index >= 15 is 0 Å². The maximum absolute atomic E-state index is 13.2. The number of amides is 1. The topological polar surface area (TPSA) is 58.4 Å². The summed E-state index contributed by atoms with van der Waals surface area (Å²) >= 11 is 0. The molecule has 0 saturated carbocycles. The molecule has 2 atom stereocenters. The lowest BCUT2D eigenvalue weighted by atomic mass is 10.1. The van der Waals surface area contributed by atoms with E-state index in [9.17, 15) is 18.0 Å². The first-order chi connectivity index (χ1) is 10.4. The molecule has 1 saturated heterocycles. The number of hydrogen-bond donors (Lipinski definition) is 2. The van der Waals surface area contributed by atoms with Gasteiger partial charge in [-0.25, -0.2) is 0 Å². The van der Waals surface area contributed by atoms with Gasteiger partial charge in [0.15, 0.2) is 0 Å². The SMILES string of the molecule is N[C@@H]1CCCN(C(=O)CN[C@H](c2ccccc2)C(F)(F)F)C1. The number of alkyl halides is 3. The number of nitrogens with zero attached hydrogens (tertiary/aromatic N) is 1. The van der Waals surface area contributed by atoms with Gasteiger partial charge in [-0.2, -0.15) is 13.2 Å². The van der Waals surface area contributed by atoms with Gasteiger partial charge in [0.2, 0.25) is 5.91 Å². The van der Waals surface area contributed by atoms with Gasteiger partial charge in [0, 0.05) is 19.1 Å². The summed E-state index contributed by atoms with van der Waals surface area (Å²) in [7, 11) is 0. The van der Waals surface area contributed by atoms with Gasteiger partial charge in [0.25, 0.3) is 0 Å². The van der Waals surface area contributed by atoms with Gasteiger partial charge in [0.1, 0.15) is 6.04 Å². The average Bonchev–Trinajstić information content (AvgIpc) is 2.47. The first-order valence-corrected chi connectivity index (χ1v) is 7.26. The molecule has 0 aromatic heterocycles. The molecule has 1 aliphatic heterocycles. The van der Waals surface area contributed by atoms with E-state index in [0.29, 0.717) is 13.1 Å². The molecular weight excluding hydrogens is 295 g/mol. The van der Waals surface area contributed by atoms with Gasteiger partial charge in [-0.3, -0.25) is 10.1 Å². The number of halogens is 3. The zero-order valence-electron chi connectivity index (χ0n) is 12.1. The third-order valence-electron chi connectivity index (χ3n) is 3.73. The Morgan fingerprint density at radius 2 is 2.05 bits per heavy atom. The van der Waals surface area contributed by atoms with E-state index in [0.717, 1.165) is 12.8 Å². The van der Waals surface area contributed by atoms with Gasteiger partial charge in [-0.15, -0.1) is 0 Å².